The van der Waals surface area contributed by atoms with Gasteiger partial charge in [0.2, 0.25) is 0 Å². The highest BCUT2D eigenvalue weighted by Gasteiger charge is 2.03. The molecule has 0 spiro atoms. The predicted octanol–water partition coefficient (Wildman–Crippen LogP) is 7.71. The van der Waals surface area contributed by atoms with Crippen molar-refractivity contribution in [3.05, 3.63) is 121 Å². The zero-order chi connectivity index (χ0) is 21.6. The van der Waals surface area contributed by atoms with Crippen LogP contribution in [-0.4, -0.2) is 12.4 Å². The van der Waals surface area contributed by atoms with Crippen molar-refractivity contribution in [2.24, 2.45) is 9.98 Å². The molecule has 0 atom stereocenters. The first-order chi connectivity index (χ1) is 15.8. The summed E-state index contributed by atoms with van der Waals surface area (Å²) in [7, 11) is 0. The molecular weight excluding hydrogens is 396 g/mol. The largest absolute Gasteiger partial charge is 0.455 e. The van der Waals surface area contributed by atoms with E-state index in [9.17, 15) is 0 Å². The molecule has 2 aromatic heterocycles. The maximum absolute atomic E-state index is 5.85. The van der Waals surface area contributed by atoms with Gasteiger partial charge in [0.05, 0.1) is 23.8 Å². The van der Waals surface area contributed by atoms with Crippen LogP contribution < -0.4 is 0 Å². The monoisotopic (exact) mass is 416 g/mol. The summed E-state index contributed by atoms with van der Waals surface area (Å²) in [4.78, 5) is 8.98. The minimum atomic E-state index is 0.706. The quantitative estimate of drug-likeness (QED) is 0.266. The third-order valence-corrected chi connectivity index (χ3v) is 4.90. The van der Waals surface area contributed by atoms with E-state index in [0.29, 0.717) is 11.5 Å². The fraction of sp³-hybridized carbons (Fsp3) is 0. The van der Waals surface area contributed by atoms with Crippen LogP contribution in [0.25, 0.3) is 22.6 Å². The lowest BCUT2D eigenvalue weighted by Crippen LogP contribution is -1.76. The minimum Gasteiger partial charge on any atom is -0.455 e. The molecule has 0 aliphatic carbocycles. The van der Waals surface area contributed by atoms with Crippen molar-refractivity contribution in [1.82, 2.24) is 0 Å². The highest BCUT2D eigenvalue weighted by molar-refractivity contribution is 5.81. The van der Waals surface area contributed by atoms with Gasteiger partial charge in [0.25, 0.3) is 0 Å². The van der Waals surface area contributed by atoms with Crippen LogP contribution in [0.1, 0.15) is 11.5 Å². The third-order valence-electron chi connectivity index (χ3n) is 4.90. The zero-order valence-electron chi connectivity index (χ0n) is 17.3. The minimum absolute atomic E-state index is 0.706. The lowest BCUT2D eigenvalue weighted by atomic mass is 10.2. The molecule has 0 radical (unpaired) electrons. The summed E-state index contributed by atoms with van der Waals surface area (Å²) >= 11 is 0. The van der Waals surface area contributed by atoms with Gasteiger partial charge in [0.1, 0.15) is 23.0 Å². The molecule has 0 fully saturated rings. The molecule has 0 amide bonds. The molecule has 2 heterocycles. The Balaban J connectivity index is 1.23. The Morgan fingerprint density at radius 3 is 1.25 bits per heavy atom. The molecule has 0 aliphatic rings. The Labute approximate surface area is 186 Å². The van der Waals surface area contributed by atoms with E-state index in [2.05, 4.69) is 9.98 Å². The third kappa shape index (κ3) is 4.65. The van der Waals surface area contributed by atoms with E-state index in [1.165, 1.54) is 0 Å². The second-order valence-corrected chi connectivity index (χ2v) is 7.17. The van der Waals surface area contributed by atoms with E-state index < -0.39 is 0 Å². The molecule has 32 heavy (non-hydrogen) atoms. The van der Waals surface area contributed by atoms with E-state index in [1.807, 2.05) is 109 Å². The van der Waals surface area contributed by atoms with E-state index in [-0.39, 0.29) is 0 Å². The smallest absolute Gasteiger partial charge is 0.145 e. The van der Waals surface area contributed by atoms with Crippen LogP contribution in [0, 0.1) is 0 Å². The van der Waals surface area contributed by atoms with Crippen LogP contribution in [0.2, 0.25) is 0 Å². The van der Waals surface area contributed by atoms with Crippen molar-refractivity contribution in [2.75, 3.05) is 0 Å². The lowest BCUT2D eigenvalue weighted by Gasteiger charge is -1.96. The van der Waals surface area contributed by atoms with E-state index >= 15 is 0 Å². The molecule has 0 saturated carbocycles. The number of aliphatic imine (C=N–C) groups is 2. The molecular formula is C28H20N2O2. The van der Waals surface area contributed by atoms with Crippen LogP contribution >= 0.6 is 0 Å². The molecule has 0 bridgehead atoms. The van der Waals surface area contributed by atoms with Crippen LogP contribution in [-0.2, 0) is 0 Å². The standard InChI is InChI=1S/C28H20N2O2/c1-3-7-21(8-4-1)27-17-15-25(31-27)19-29-23-11-13-24(14-12-23)30-20-26-16-18-28(32-26)22-9-5-2-6-10-22/h1-20H. The summed E-state index contributed by atoms with van der Waals surface area (Å²) in [5.74, 6) is 3.06. The molecule has 0 saturated heterocycles. The molecule has 154 valence electrons. The molecule has 0 unspecified atom stereocenters. The topological polar surface area (TPSA) is 51.0 Å². The number of benzene rings is 3. The first kappa shape index (κ1) is 19.5. The van der Waals surface area contributed by atoms with Gasteiger partial charge in [-0.3, -0.25) is 9.98 Å². The molecule has 4 nitrogen and oxygen atoms in total. The first-order valence-corrected chi connectivity index (χ1v) is 10.3. The second kappa shape index (κ2) is 9.14. The van der Waals surface area contributed by atoms with E-state index in [4.69, 9.17) is 8.83 Å². The van der Waals surface area contributed by atoms with Gasteiger partial charge in [0.15, 0.2) is 0 Å². The highest BCUT2D eigenvalue weighted by Crippen LogP contribution is 2.24. The van der Waals surface area contributed by atoms with Crippen molar-refractivity contribution in [1.29, 1.82) is 0 Å². The molecule has 0 N–H and O–H groups in total. The fourth-order valence-corrected chi connectivity index (χ4v) is 3.26. The number of rotatable bonds is 6. The summed E-state index contributed by atoms with van der Waals surface area (Å²) < 4.78 is 11.7. The Morgan fingerprint density at radius 1 is 0.438 bits per heavy atom. The SMILES string of the molecule is C(=Nc1ccc(N=Cc2ccc(-c3ccccc3)o2)cc1)c1ccc(-c2ccccc2)o1. The van der Waals surface area contributed by atoms with Gasteiger partial charge in [-0.15, -0.1) is 0 Å². The van der Waals surface area contributed by atoms with Crippen molar-refractivity contribution in [3.63, 3.8) is 0 Å². The molecule has 0 aliphatic heterocycles. The number of nitrogens with zero attached hydrogens (tertiary/aromatic N) is 2. The summed E-state index contributed by atoms with van der Waals surface area (Å²) in [6.45, 7) is 0. The van der Waals surface area contributed by atoms with E-state index in [0.717, 1.165) is 34.0 Å². The normalized spacial score (nSPS) is 11.5. The maximum atomic E-state index is 5.85. The van der Waals surface area contributed by atoms with Crippen molar-refractivity contribution in [2.45, 2.75) is 0 Å². The summed E-state index contributed by atoms with van der Waals surface area (Å²) in [6.07, 6.45) is 3.44. The van der Waals surface area contributed by atoms with Gasteiger partial charge in [0, 0.05) is 11.1 Å². The van der Waals surface area contributed by atoms with Crippen LogP contribution in [0.15, 0.2) is 128 Å². The first-order valence-electron chi connectivity index (χ1n) is 10.3. The van der Waals surface area contributed by atoms with Gasteiger partial charge in [-0.05, 0) is 48.5 Å². The molecule has 4 heteroatoms. The predicted molar refractivity (Wildman–Crippen MR) is 129 cm³/mol. The number of furan rings is 2. The summed E-state index contributed by atoms with van der Waals surface area (Å²) in [5.41, 5.74) is 3.74. The Hall–Kier alpha value is -4.44. The number of hydrogen-bond donors (Lipinski definition) is 0. The summed E-state index contributed by atoms with van der Waals surface area (Å²) in [6, 6.07) is 35.4. The average Bonchev–Trinajstić information content (AvgIpc) is 3.53. The highest BCUT2D eigenvalue weighted by atomic mass is 16.3. The van der Waals surface area contributed by atoms with Gasteiger partial charge in [-0.2, -0.15) is 0 Å². The molecule has 5 aromatic rings. The zero-order valence-corrected chi connectivity index (χ0v) is 17.3. The summed E-state index contributed by atoms with van der Waals surface area (Å²) in [5, 5.41) is 0. The van der Waals surface area contributed by atoms with E-state index in [1.54, 1.807) is 12.4 Å². The van der Waals surface area contributed by atoms with Crippen LogP contribution in [0.4, 0.5) is 11.4 Å². The van der Waals surface area contributed by atoms with Gasteiger partial charge < -0.3 is 8.83 Å². The lowest BCUT2D eigenvalue weighted by molar-refractivity contribution is 0.575. The van der Waals surface area contributed by atoms with Crippen molar-refractivity contribution < 1.29 is 8.83 Å². The van der Waals surface area contributed by atoms with Gasteiger partial charge in [-0.1, -0.05) is 60.7 Å². The fourth-order valence-electron chi connectivity index (χ4n) is 3.26. The Bertz CT molecular complexity index is 1240. The van der Waals surface area contributed by atoms with Crippen molar-refractivity contribution >= 4 is 23.8 Å². The Kier molecular flexibility index (Phi) is 5.58. The average molecular weight is 416 g/mol. The maximum Gasteiger partial charge on any atom is 0.145 e. The van der Waals surface area contributed by atoms with Crippen LogP contribution in [0.3, 0.4) is 0 Å². The van der Waals surface area contributed by atoms with Crippen LogP contribution in [0.5, 0.6) is 0 Å². The second-order valence-electron chi connectivity index (χ2n) is 7.17. The van der Waals surface area contributed by atoms with Crippen molar-refractivity contribution in [3.8, 4) is 22.6 Å². The van der Waals surface area contributed by atoms with Gasteiger partial charge >= 0.3 is 0 Å². The van der Waals surface area contributed by atoms with Gasteiger partial charge in [-0.25, -0.2) is 0 Å². The Morgan fingerprint density at radius 2 is 0.844 bits per heavy atom. The number of hydrogen-bond acceptors (Lipinski definition) is 4. The molecule has 3 aromatic carbocycles. The molecule has 5 rings (SSSR count).